The zero-order valence-electron chi connectivity index (χ0n) is 8.58. The fourth-order valence-corrected chi connectivity index (χ4v) is 1.68. The second-order valence-corrected chi connectivity index (χ2v) is 3.92. The van der Waals surface area contributed by atoms with E-state index in [0.717, 1.165) is 0 Å². The minimum absolute atomic E-state index is 0.0157. The molecule has 0 aromatic heterocycles. The van der Waals surface area contributed by atoms with Crippen molar-refractivity contribution in [3.8, 4) is 5.75 Å². The molecule has 6 nitrogen and oxygen atoms in total. The molecule has 0 fully saturated rings. The number of hydrogen-bond acceptors (Lipinski definition) is 5. The Balaban J connectivity index is 2.86. The van der Waals surface area contributed by atoms with E-state index in [1.54, 1.807) is 7.05 Å². The Bertz CT molecular complexity index is 434. The van der Waals surface area contributed by atoms with Gasteiger partial charge in [-0.15, -0.1) is 0 Å². The molecule has 7 heteroatoms. The van der Waals surface area contributed by atoms with Crippen molar-refractivity contribution in [2.75, 3.05) is 7.05 Å². The number of phenols is 1. The number of benzene rings is 1. The fraction of sp³-hybridized carbons (Fsp3) is 0.222. The molecule has 86 valence electrons. The first-order valence-electron chi connectivity index (χ1n) is 4.36. The molecule has 0 bridgehead atoms. The van der Waals surface area contributed by atoms with E-state index in [4.69, 9.17) is 5.73 Å². The smallest absolute Gasteiger partial charge is 0.270 e. The Hall–Kier alpha value is -1.76. The average Bonchev–Trinajstić information content (AvgIpc) is 2.27. The first-order chi connectivity index (χ1) is 7.54. The summed E-state index contributed by atoms with van der Waals surface area (Å²) in [6, 6.07) is 3.87. The Morgan fingerprint density at radius 1 is 1.69 bits per heavy atom. The molecule has 0 saturated carbocycles. The van der Waals surface area contributed by atoms with Crippen LogP contribution in [0.5, 0.6) is 5.75 Å². The number of hydrogen-bond donors (Lipinski definition) is 2. The Morgan fingerprint density at radius 2 is 2.38 bits per heavy atom. The summed E-state index contributed by atoms with van der Waals surface area (Å²) < 4.78 is 0. The van der Waals surface area contributed by atoms with Crippen molar-refractivity contribution in [2.45, 2.75) is 5.75 Å². The van der Waals surface area contributed by atoms with E-state index in [9.17, 15) is 15.2 Å². The molecule has 0 aliphatic heterocycles. The average molecular weight is 241 g/mol. The number of aromatic hydroxyl groups is 1. The van der Waals surface area contributed by atoms with Crippen molar-refractivity contribution in [1.82, 2.24) is 0 Å². The molecule has 0 amide bonds. The number of phenolic OH excluding ortho intramolecular Hbond substituents is 1. The molecule has 0 spiro atoms. The van der Waals surface area contributed by atoms with Crippen molar-refractivity contribution in [3.05, 3.63) is 33.9 Å². The van der Waals surface area contributed by atoms with Crippen molar-refractivity contribution in [1.29, 1.82) is 0 Å². The quantitative estimate of drug-likeness (QED) is 0.361. The van der Waals surface area contributed by atoms with E-state index in [1.165, 1.54) is 30.0 Å². The van der Waals surface area contributed by atoms with Crippen molar-refractivity contribution in [2.24, 2.45) is 10.7 Å². The number of thioether (sulfide) groups is 1. The summed E-state index contributed by atoms with van der Waals surface area (Å²) in [6.07, 6.45) is 0. The van der Waals surface area contributed by atoms with Gasteiger partial charge in [-0.2, -0.15) is 0 Å². The topological polar surface area (TPSA) is 102 Å². The summed E-state index contributed by atoms with van der Waals surface area (Å²) in [5, 5.41) is 20.4. The van der Waals surface area contributed by atoms with Gasteiger partial charge in [0, 0.05) is 30.5 Å². The Labute approximate surface area is 96.3 Å². The van der Waals surface area contributed by atoms with Gasteiger partial charge in [-0.05, 0) is 6.07 Å². The minimum atomic E-state index is -0.509. The second kappa shape index (κ2) is 5.36. The first-order valence-corrected chi connectivity index (χ1v) is 5.34. The zero-order valence-corrected chi connectivity index (χ0v) is 9.40. The van der Waals surface area contributed by atoms with Gasteiger partial charge in [0.15, 0.2) is 5.17 Å². The summed E-state index contributed by atoms with van der Waals surface area (Å²) in [6.45, 7) is 0. The zero-order chi connectivity index (χ0) is 12.1. The molecule has 1 aromatic rings. The summed E-state index contributed by atoms with van der Waals surface area (Å²) in [5.41, 5.74) is 5.87. The van der Waals surface area contributed by atoms with Crippen LogP contribution >= 0.6 is 11.8 Å². The summed E-state index contributed by atoms with van der Waals surface area (Å²) in [7, 11) is 1.55. The van der Waals surface area contributed by atoms with E-state index < -0.39 is 4.92 Å². The van der Waals surface area contributed by atoms with Gasteiger partial charge in [-0.3, -0.25) is 15.1 Å². The maximum absolute atomic E-state index is 10.5. The Kier molecular flexibility index (Phi) is 4.12. The van der Waals surface area contributed by atoms with Crippen molar-refractivity contribution in [3.63, 3.8) is 0 Å². The molecular formula is C9H11N3O3S. The third-order valence-electron chi connectivity index (χ3n) is 1.87. The normalized spacial score (nSPS) is 11.4. The van der Waals surface area contributed by atoms with Crippen molar-refractivity contribution >= 4 is 22.6 Å². The number of nitrogens with two attached hydrogens (primary N) is 1. The van der Waals surface area contributed by atoms with E-state index in [0.29, 0.717) is 16.5 Å². The maximum atomic E-state index is 10.5. The summed E-state index contributed by atoms with van der Waals surface area (Å²) in [5.74, 6) is 0.360. The lowest BCUT2D eigenvalue weighted by Crippen LogP contribution is -2.06. The van der Waals surface area contributed by atoms with Gasteiger partial charge in [-0.25, -0.2) is 0 Å². The molecule has 3 N–H and O–H groups in total. The molecule has 0 heterocycles. The van der Waals surface area contributed by atoms with Gasteiger partial charge in [0.05, 0.1) is 4.92 Å². The monoisotopic (exact) mass is 241 g/mol. The lowest BCUT2D eigenvalue weighted by atomic mass is 10.2. The van der Waals surface area contributed by atoms with Gasteiger partial charge in [0.25, 0.3) is 5.69 Å². The SMILES string of the molecule is CN=C(N)SCc1cc([N+](=O)[O-])ccc1O. The highest BCUT2D eigenvalue weighted by Crippen LogP contribution is 2.26. The third kappa shape index (κ3) is 3.13. The highest BCUT2D eigenvalue weighted by atomic mass is 32.2. The molecule has 1 aromatic carbocycles. The van der Waals surface area contributed by atoms with Gasteiger partial charge >= 0.3 is 0 Å². The molecule has 0 unspecified atom stereocenters. The molecule has 16 heavy (non-hydrogen) atoms. The van der Waals surface area contributed by atoms with Crippen LogP contribution < -0.4 is 5.73 Å². The molecule has 0 saturated heterocycles. The molecular weight excluding hydrogens is 230 g/mol. The second-order valence-electron chi connectivity index (χ2n) is 2.92. The molecule has 1 rings (SSSR count). The van der Waals surface area contributed by atoms with Crippen LogP contribution in [0.2, 0.25) is 0 Å². The number of aliphatic imine (C=N–C) groups is 1. The molecule has 0 aliphatic rings. The van der Waals surface area contributed by atoms with Gasteiger partial charge in [0.2, 0.25) is 0 Å². The van der Waals surface area contributed by atoms with E-state index in [1.807, 2.05) is 0 Å². The van der Waals surface area contributed by atoms with Crippen LogP contribution in [0.1, 0.15) is 5.56 Å². The van der Waals surface area contributed by atoms with Crippen LogP contribution in [-0.2, 0) is 5.75 Å². The predicted octanol–water partition coefficient (Wildman–Crippen LogP) is 1.48. The van der Waals surface area contributed by atoms with Crippen LogP contribution in [0.3, 0.4) is 0 Å². The van der Waals surface area contributed by atoms with Gasteiger partial charge < -0.3 is 10.8 Å². The van der Waals surface area contributed by atoms with Crippen LogP contribution in [0, 0.1) is 10.1 Å². The summed E-state index contributed by atoms with van der Waals surface area (Å²) >= 11 is 1.21. The highest BCUT2D eigenvalue weighted by Gasteiger charge is 2.10. The number of nitrogens with zero attached hydrogens (tertiary/aromatic N) is 2. The molecule has 0 radical (unpaired) electrons. The Morgan fingerprint density at radius 3 is 2.94 bits per heavy atom. The maximum Gasteiger partial charge on any atom is 0.270 e. The first kappa shape index (κ1) is 12.3. The van der Waals surface area contributed by atoms with Gasteiger partial charge in [0.1, 0.15) is 5.75 Å². The lowest BCUT2D eigenvalue weighted by Gasteiger charge is -2.03. The van der Waals surface area contributed by atoms with E-state index in [2.05, 4.69) is 4.99 Å². The minimum Gasteiger partial charge on any atom is -0.508 e. The number of amidine groups is 1. The largest absolute Gasteiger partial charge is 0.508 e. The van der Waals surface area contributed by atoms with Crippen LogP contribution in [0.25, 0.3) is 0 Å². The highest BCUT2D eigenvalue weighted by molar-refractivity contribution is 8.13. The number of nitro groups is 1. The fourth-order valence-electron chi connectivity index (χ4n) is 1.02. The van der Waals surface area contributed by atoms with Crippen molar-refractivity contribution < 1.29 is 10.0 Å². The van der Waals surface area contributed by atoms with E-state index >= 15 is 0 Å². The molecule has 0 aliphatic carbocycles. The lowest BCUT2D eigenvalue weighted by molar-refractivity contribution is -0.384. The van der Waals surface area contributed by atoms with Crippen LogP contribution in [-0.4, -0.2) is 22.2 Å². The molecule has 0 atom stereocenters. The third-order valence-corrected chi connectivity index (χ3v) is 2.80. The standard InChI is InChI=1S/C9H11N3O3S/c1-11-9(10)16-5-6-4-7(12(14)15)2-3-8(6)13/h2-4,13H,5H2,1H3,(H2,10,11). The van der Waals surface area contributed by atoms with E-state index in [-0.39, 0.29) is 11.4 Å². The summed E-state index contributed by atoms with van der Waals surface area (Å²) in [4.78, 5) is 13.8. The number of rotatable bonds is 3. The van der Waals surface area contributed by atoms with Crippen LogP contribution in [0.15, 0.2) is 23.2 Å². The number of non-ortho nitro benzene ring substituents is 1. The predicted molar refractivity (Wildman–Crippen MR) is 63.6 cm³/mol. The number of nitro benzene ring substituents is 1. The van der Waals surface area contributed by atoms with Gasteiger partial charge in [-0.1, -0.05) is 11.8 Å². The van der Waals surface area contributed by atoms with Crippen LogP contribution in [0.4, 0.5) is 5.69 Å².